The smallest absolute Gasteiger partial charge is 0.0482 e. The first-order valence-corrected chi connectivity index (χ1v) is 7.06. The van der Waals surface area contributed by atoms with Gasteiger partial charge >= 0.3 is 0 Å². The average molecular weight is 266 g/mol. The lowest BCUT2D eigenvalue weighted by Gasteiger charge is -2.21. The summed E-state index contributed by atoms with van der Waals surface area (Å²) in [6, 6.07) is 6.59. The van der Waals surface area contributed by atoms with E-state index in [1.807, 2.05) is 0 Å². The fourth-order valence-electron chi connectivity index (χ4n) is 2.02. The molecule has 0 saturated heterocycles. The van der Waals surface area contributed by atoms with Crippen molar-refractivity contribution in [3.63, 3.8) is 0 Å². The molecule has 1 atom stereocenters. The minimum absolute atomic E-state index is 0.328. The molecule has 0 aliphatic rings. The van der Waals surface area contributed by atoms with E-state index >= 15 is 0 Å². The van der Waals surface area contributed by atoms with Crippen molar-refractivity contribution in [3.05, 3.63) is 46.5 Å². The second-order valence-corrected chi connectivity index (χ2v) is 5.36. The molecule has 2 heteroatoms. The van der Waals surface area contributed by atoms with Crippen LogP contribution in [0.2, 0.25) is 5.02 Å². The summed E-state index contributed by atoms with van der Waals surface area (Å²) < 4.78 is 0. The van der Waals surface area contributed by atoms with E-state index in [9.17, 15) is 0 Å². The molecule has 0 amide bonds. The SMILES string of the molecule is C=C(C)CCC(NCCC)c1cccc(C)c1Cl. The summed E-state index contributed by atoms with van der Waals surface area (Å²) in [6.07, 6.45) is 3.22. The van der Waals surface area contributed by atoms with Crippen LogP contribution >= 0.6 is 11.6 Å². The molecule has 0 aliphatic heterocycles. The van der Waals surface area contributed by atoms with Gasteiger partial charge in [0, 0.05) is 11.1 Å². The lowest BCUT2D eigenvalue weighted by atomic mass is 9.98. The zero-order chi connectivity index (χ0) is 13.5. The number of hydrogen-bond acceptors (Lipinski definition) is 1. The van der Waals surface area contributed by atoms with Gasteiger partial charge in [-0.3, -0.25) is 0 Å². The normalized spacial score (nSPS) is 12.4. The van der Waals surface area contributed by atoms with Crippen molar-refractivity contribution < 1.29 is 0 Å². The molecule has 0 spiro atoms. The maximum atomic E-state index is 6.42. The monoisotopic (exact) mass is 265 g/mol. The van der Waals surface area contributed by atoms with Gasteiger partial charge in [-0.05, 0) is 50.8 Å². The highest BCUT2D eigenvalue weighted by Crippen LogP contribution is 2.29. The quantitative estimate of drug-likeness (QED) is 0.681. The second-order valence-electron chi connectivity index (χ2n) is 4.98. The highest BCUT2D eigenvalue weighted by Gasteiger charge is 2.14. The van der Waals surface area contributed by atoms with Gasteiger partial charge in [-0.15, -0.1) is 6.58 Å². The molecular formula is C16H24ClN. The topological polar surface area (TPSA) is 12.0 Å². The van der Waals surface area contributed by atoms with Crippen molar-refractivity contribution in [1.29, 1.82) is 0 Å². The minimum Gasteiger partial charge on any atom is -0.310 e. The second kappa shape index (κ2) is 7.60. The van der Waals surface area contributed by atoms with Gasteiger partial charge < -0.3 is 5.32 Å². The lowest BCUT2D eigenvalue weighted by molar-refractivity contribution is 0.498. The number of nitrogens with one attached hydrogen (secondary N) is 1. The Morgan fingerprint density at radius 1 is 1.44 bits per heavy atom. The molecule has 0 aliphatic carbocycles. The number of hydrogen-bond donors (Lipinski definition) is 1. The molecule has 1 N–H and O–H groups in total. The number of aryl methyl sites for hydroxylation is 1. The Morgan fingerprint density at radius 2 is 2.17 bits per heavy atom. The van der Waals surface area contributed by atoms with Crippen LogP contribution in [-0.2, 0) is 0 Å². The van der Waals surface area contributed by atoms with Crippen LogP contribution in [0.15, 0.2) is 30.4 Å². The van der Waals surface area contributed by atoms with E-state index in [-0.39, 0.29) is 0 Å². The van der Waals surface area contributed by atoms with Gasteiger partial charge in [-0.25, -0.2) is 0 Å². The van der Waals surface area contributed by atoms with Crippen LogP contribution in [0, 0.1) is 6.92 Å². The van der Waals surface area contributed by atoms with Crippen LogP contribution in [0.1, 0.15) is 50.3 Å². The molecule has 1 nitrogen and oxygen atoms in total. The highest BCUT2D eigenvalue weighted by molar-refractivity contribution is 6.32. The Balaban J connectivity index is 2.86. The number of benzene rings is 1. The molecule has 1 aromatic rings. The van der Waals surface area contributed by atoms with Crippen LogP contribution in [0.5, 0.6) is 0 Å². The van der Waals surface area contributed by atoms with E-state index in [0.717, 1.165) is 36.4 Å². The minimum atomic E-state index is 0.328. The molecule has 1 aromatic carbocycles. The van der Waals surface area contributed by atoms with Gasteiger partial charge in [0.15, 0.2) is 0 Å². The Bertz CT molecular complexity index is 398. The third-order valence-electron chi connectivity index (χ3n) is 3.10. The third kappa shape index (κ3) is 4.47. The molecule has 18 heavy (non-hydrogen) atoms. The Hall–Kier alpha value is -0.790. The van der Waals surface area contributed by atoms with Crippen molar-refractivity contribution >= 4 is 11.6 Å². The van der Waals surface area contributed by atoms with Crippen LogP contribution in [0.3, 0.4) is 0 Å². The largest absolute Gasteiger partial charge is 0.310 e. The van der Waals surface area contributed by atoms with E-state index in [1.165, 1.54) is 11.1 Å². The van der Waals surface area contributed by atoms with Crippen LogP contribution in [0.25, 0.3) is 0 Å². The van der Waals surface area contributed by atoms with E-state index in [1.54, 1.807) is 0 Å². The molecule has 0 fully saturated rings. The van der Waals surface area contributed by atoms with Gasteiger partial charge in [-0.2, -0.15) is 0 Å². The summed E-state index contributed by atoms with van der Waals surface area (Å²) in [5.41, 5.74) is 3.58. The van der Waals surface area contributed by atoms with Crippen molar-refractivity contribution in [2.45, 2.75) is 46.1 Å². The Kier molecular flexibility index (Phi) is 6.45. The molecule has 0 heterocycles. The zero-order valence-electron chi connectivity index (χ0n) is 11.7. The molecule has 0 radical (unpaired) electrons. The van der Waals surface area contributed by atoms with Gasteiger partial charge in [-0.1, -0.05) is 42.3 Å². The van der Waals surface area contributed by atoms with E-state index in [2.05, 4.69) is 50.9 Å². The van der Waals surface area contributed by atoms with E-state index < -0.39 is 0 Å². The summed E-state index contributed by atoms with van der Waals surface area (Å²) in [5, 5.41) is 4.48. The first-order chi connectivity index (χ1) is 8.56. The van der Waals surface area contributed by atoms with E-state index in [4.69, 9.17) is 11.6 Å². The van der Waals surface area contributed by atoms with Gasteiger partial charge in [0.25, 0.3) is 0 Å². The summed E-state index contributed by atoms with van der Waals surface area (Å²) in [6.45, 7) is 11.3. The Morgan fingerprint density at radius 3 is 2.78 bits per heavy atom. The van der Waals surface area contributed by atoms with Gasteiger partial charge in [0.05, 0.1) is 0 Å². The summed E-state index contributed by atoms with van der Waals surface area (Å²) in [7, 11) is 0. The molecule has 0 bridgehead atoms. The van der Waals surface area contributed by atoms with Crippen molar-refractivity contribution in [2.75, 3.05) is 6.54 Å². The lowest BCUT2D eigenvalue weighted by Crippen LogP contribution is -2.22. The first kappa shape index (κ1) is 15.3. The average Bonchev–Trinajstić information content (AvgIpc) is 2.33. The molecule has 0 aromatic heterocycles. The Labute approximate surface area is 116 Å². The van der Waals surface area contributed by atoms with Crippen molar-refractivity contribution in [1.82, 2.24) is 5.32 Å². The first-order valence-electron chi connectivity index (χ1n) is 6.69. The highest BCUT2D eigenvalue weighted by atomic mass is 35.5. The molecule has 100 valence electrons. The number of allylic oxidation sites excluding steroid dienone is 1. The van der Waals surface area contributed by atoms with Crippen molar-refractivity contribution in [2.24, 2.45) is 0 Å². The summed E-state index contributed by atoms with van der Waals surface area (Å²) in [5.74, 6) is 0. The number of rotatable bonds is 7. The van der Waals surface area contributed by atoms with E-state index in [0.29, 0.717) is 6.04 Å². The van der Waals surface area contributed by atoms with Gasteiger partial charge in [0.2, 0.25) is 0 Å². The molecule has 0 saturated carbocycles. The van der Waals surface area contributed by atoms with Crippen LogP contribution < -0.4 is 5.32 Å². The number of halogens is 1. The fraction of sp³-hybridized carbons (Fsp3) is 0.500. The maximum Gasteiger partial charge on any atom is 0.0482 e. The third-order valence-corrected chi connectivity index (χ3v) is 3.61. The maximum absolute atomic E-state index is 6.42. The van der Waals surface area contributed by atoms with Crippen LogP contribution in [0.4, 0.5) is 0 Å². The molecule has 1 unspecified atom stereocenters. The molecule has 1 rings (SSSR count). The van der Waals surface area contributed by atoms with Crippen LogP contribution in [-0.4, -0.2) is 6.54 Å². The predicted molar refractivity (Wildman–Crippen MR) is 81.3 cm³/mol. The standard InChI is InChI=1S/C16H24ClN/c1-5-11-18-15(10-9-12(2)3)14-8-6-7-13(4)16(14)17/h6-8,15,18H,2,5,9-11H2,1,3-4H3. The molecular weight excluding hydrogens is 242 g/mol. The summed E-state index contributed by atoms with van der Waals surface area (Å²) >= 11 is 6.42. The predicted octanol–water partition coefficient (Wildman–Crippen LogP) is 5.05. The van der Waals surface area contributed by atoms with Gasteiger partial charge in [0.1, 0.15) is 0 Å². The summed E-state index contributed by atoms with van der Waals surface area (Å²) in [4.78, 5) is 0. The van der Waals surface area contributed by atoms with Crippen molar-refractivity contribution in [3.8, 4) is 0 Å². The fourth-order valence-corrected chi connectivity index (χ4v) is 2.27. The zero-order valence-corrected chi connectivity index (χ0v) is 12.5.